The molecule has 0 saturated heterocycles. The predicted molar refractivity (Wildman–Crippen MR) is 78.0 cm³/mol. The van der Waals surface area contributed by atoms with E-state index in [0.29, 0.717) is 27.1 Å². The second kappa shape index (κ2) is 5.17. The van der Waals surface area contributed by atoms with Gasteiger partial charge in [0.25, 0.3) is 0 Å². The highest BCUT2D eigenvalue weighted by Gasteiger charge is 2.19. The molecule has 0 aliphatic carbocycles. The Kier molecular flexibility index (Phi) is 3.36. The van der Waals surface area contributed by atoms with E-state index in [0.717, 1.165) is 11.4 Å². The summed E-state index contributed by atoms with van der Waals surface area (Å²) in [6.45, 7) is 0. The first-order chi connectivity index (χ1) is 9.69. The number of benzene rings is 1. The zero-order valence-corrected chi connectivity index (χ0v) is 12.0. The largest absolute Gasteiger partial charge is 0.321 e. The van der Waals surface area contributed by atoms with Gasteiger partial charge in [-0.05, 0) is 12.1 Å². The van der Waals surface area contributed by atoms with Crippen molar-refractivity contribution >= 4 is 57.6 Å². The third kappa shape index (κ3) is 2.25. The van der Waals surface area contributed by atoms with Crippen LogP contribution in [0.2, 0.25) is 10.0 Å². The van der Waals surface area contributed by atoms with Crippen molar-refractivity contribution in [2.75, 3.05) is 5.32 Å². The number of aromatic nitrogens is 2. The van der Waals surface area contributed by atoms with E-state index < -0.39 is 0 Å². The Hall–Kier alpha value is -2.01. The van der Waals surface area contributed by atoms with Gasteiger partial charge in [0.2, 0.25) is 5.95 Å². The average Bonchev–Trinajstić information content (AvgIpc) is 2.93. The van der Waals surface area contributed by atoms with Gasteiger partial charge in [-0.15, -0.1) is 0 Å². The summed E-state index contributed by atoms with van der Waals surface area (Å²) in [7, 11) is 0. The Morgan fingerprint density at radius 3 is 2.80 bits per heavy atom. The number of hydrogen-bond donors (Lipinski definition) is 1. The van der Waals surface area contributed by atoms with Gasteiger partial charge in [0.05, 0.1) is 27.1 Å². The molecule has 1 N–H and O–H groups in total. The summed E-state index contributed by atoms with van der Waals surface area (Å²) in [5.74, 6) is 0.252. The number of hydrogen-bond acceptors (Lipinski definition) is 6. The summed E-state index contributed by atoms with van der Waals surface area (Å²) in [5.41, 5.74) is 1.86. The van der Waals surface area contributed by atoms with Gasteiger partial charge in [0, 0.05) is 6.20 Å². The van der Waals surface area contributed by atoms with Crippen LogP contribution in [0, 0.1) is 11.3 Å². The fourth-order valence-corrected chi connectivity index (χ4v) is 2.75. The van der Waals surface area contributed by atoms with Crippen molar-refractivity contribution in [1.82, 2.24) is 9.97 Å². The second-order valence-corrected chi connectivity index (χ2v) is 5.02. The Balaban J connectivity index is 2.06. The number of anilines is 2. The first-order valence-electron chi connectivity index (χ1n) is 5.29. The number of halogens is 2. The minimum atomic E-state index is 0.250. The van der Waals surface area contributed by atoms with Crippen molar-refractivity contribution in [3.05, 3.63) is 34.1 Å². The van der Waals surface area contributed by atoms with E-state index in [-0.39, 0.29) is 11.6 Å². The van der Waals surface area contributed by atoms with Crippen LogP contribution in [0.25, 0.3) is 0 Å². The Morgan fingerprint density at radius 2 is 2.00 bits per heavy atom. The minimum Gasteiger partial charge on any atom is -0.321 e. The molecule has 1 aromatic carbocycles. The third-order valence-electron chi connectivity index (χ3n) is 2.45. The molecule has 98 valence electrons. The first kappa shape index (κ1) is 13.0. The van der Waals surface area contributed by atoms with E-state index in [1.165, 1.54) is 12.3 Å². The van der Waals surface area contributed by atoms with Gasteiger partial charge in [-0.1, -0.05) is 23.2 Å². The number of nitrogens with one attached hydrogen (secondary N) is 1. The van der Waals surface area contributed by atoms with Crippen LogP contribution in [-0.2, 0) is 11.4 Å². The lowest BCUT2D eigenvalue weighted by molar-refractivity contribution is 1.14. The summed E-state index contributed by atoms with van der Waals surface area (Å²) in [4.78, 5) is 8.05. The minimum absolute atomic E-state index is 0.250. The van der Waals surface area contributed by atoms with Crippen LogP contribution in [-0.4, -0.2) is 9.97 Å². The molecule has 20 heavy (non-hydrogen) atoms. The lowest BCUT2D eigenvalue weighted by Crippen LogP contribution is -1.99. The van der Waals surface area contributed by atoms with Gasteiger partial charge in [-0.3, -0.25) is 0 Å². The lowest BCUT2D eigenvalue weighted by atomic mass is 10.2. The molecule has 0 fully saturated rings. The predicted octanol–water partition coefficient (Wildman–Crippen LogP) is 4.13. The molecule has 1 aromatic heterocycles. The van der Waals surface area contributed by atoms with Crippen LogP contribution in [0.4, 0.5) is 23.0 Å². The molecular formula is C11H4Cl2N6S. The maximum atomic E-state index is 8.83. The number of fused-ring (bicyclic) bond motifs is 1. The van der Waals surface area contributed by atoms with E-state index in [1.807, 2.05) is 6.07 Å². The SMILES string of the molecule is N#Cc1ccnc(Nc2c(Cl)cc(Cl)c3c2N=S=N3)n1. The summed E-state index contributed by atoms with van der Waals surface area (Å²) < 4.78 is 8.26. The van der Waals surface area contributed by atoms with Gasteiger partial charge >= 0.3 is 0 Å². The first-order valence-corrected chi connectivity index (χ1v) is 6.78. The third-order valence-corrected chi connectivity index (χ3v) is 3.57. The number of nitrogens with zero attached hydrogens (tertiary/aromatic N) is 5. The van der Waals surface area contributed by atoms with Crippen molar-refractivity contribution in [2.45, 2.75) is 0 Å². The average molecular weight is 323 g/mol. The Morgan fingerprint density at radius 1 is 1.20 bits per heavy atom. The van der Waals surface area contributed by atoms with E-state index in [2.05, 4.69) is 24.0 Å². The molecule has 0 unspecified atom stereocenters. The summed E-state index contributed by atoms with van der Waals surface area (Å²) in [6, 6.07) is 5.02. The van der Waals surface area contributed by atoms with Gasteiger partial charge in [0.15, 0.2) is 0 Å². The van der Waals surface area contributed by atoms with Crippen molar-refractivity contribution in [1.29, 1.82) is 5.26 Å². The molecule has 0 spiro atoms. The molecule has 9 heteroatoms. The van der Waals surface area contributed by atoms with Gasteiger partial charge in [0.1, 0.15) is 23.1 Å². The van der Waals surface area contributed by atoms with E-state index >= 15 is 0 Å². The molecule has 2 heterocycles. The van der Waals surface area contributed by atoms with Crippen LogP contribution in [0.15, 0.2) is 27.1 Å². The fraction of sp³-hybridized carbons (Fsp3) is 0. The molecule has 0 amide bonds. The molecule has 0 bridgehead atoms. The fourth-order valence-electron chi connectivity index (χ4n) is 1.59. The monoisotopic (exact) mass is 322 g/mol. The van der Waals surface area contributed by atoms with Crippen LogP contribution in [0.3, 0.4) is 0 Å². The van der Waals surface area contributed by atoms with Crippen LogP contribution >= 0.6 is 23.2 Å². The van der Waals surface area contributed by atoms with Crippen molar-refractivity contribution in [2.24, 2.45) is 8.73 Å². The zero-order valence-electron chi connectivity index (χ0n) is 9.63. The quantitative estimate of drug-likeness (QED) is 0.768. The van der Waals surface area contributed by atoms with E-state index in [9.17, 15) is 0 Å². The normalized spacial score (nSPS) is 11.7. The van der Waals surface area contributed by atoms with E-state index in [4.69, 9.17) is 28.5 Å². The molecule has 6 nitrogen and oxygen atoms in total. The van der Waals surface area contributed by atoms with Crippen LogP contribution in [0.1, 0.15) is 5.69 Å². The van der Waals surface area contributed by atoms with Gasteiger partial charge in [-0.25, -0.2) is 9.97 Å². The highest BCUT2D eigenvalue weighted by atomic mass is 35.5. The maximum Gasteiger partial charge on any atom is 0.228 e. The topological polar surface area (TPSA) is 86.3 Å². The molecule has 2 aromatic rings. The molecule has 0 saturated carbocycles. The van der Waals surface area contributed by atoms with Crippen molar-refractivity contribution < 1.29 is 0 Å². The van der Waals surface area contributed by atoms with Crippen LogP contribution < -0.4 is 5.32 Å². The zero-order chi connectivity index (χ0) is 14.1. The Labute approximate surface area is 127 Å². The van der Waals surface area contributed by atoms with Gasteiger partial charge < -0.3 is 5.32 Å². The van der Waals surface area contributed by atoms with E-state index in [1.54, 1.807) is 6.07 Å². The molecule has 1 aliphatic heterocycles. The number of rotatable bonds is 2. The molecular weight excluding hydrogens is 319 g/mol. The lowest BCUT2D eigenvalue weighted by Gasteiger charge is -2.10. The van der Waals surface area contributed by atoms with Crippen molar-refractivity contribution in [3.63, 3.8) is 0 Å². The molecule has 0 atom stereocenters. The Bertz CT molecular complexity index is 822. The molecule has 1 aliphatic rings. The highest BCUT2D eigenvalue weighted by molar-refractivity contribution is 7.58. The second-order valence-electron chi connectivity index (χ2n) is 3.68. The smallest absolute Gasteiger partial charge is 0.228 e. The molecule has 3 rings (SSSR count). The number of nitriles is 1. The summed E-state index contributed by atoms with van der Waals surface area (Å²) in [5, 5.41) is 12.6. The van der Waals surface area contributed by atoms with Crippen molar-refractivity contribution in [3.8, 4) is 6.07 Å². The van der Waals surface area contributed by atoms with Gasteiger partial charge in [-0.2, -0.15) is 14.0 Å². The maximum absolute atomic E-state index is 8.83. The standard InChI is InChI=1S/C11H4Cl2N6S/c12-6-3-7(13)9-10(19-20-18-9)8(6)17-11-15-2-1-5(4-14)16-11/h1-3H,(H,15,16,17). The molecule has 0 radical (unpaired) electrons. The highest BCUT2D eigenvalue weighted by Crippen LogP contribution is 2.48. The summed E-state index contributed by atoms with van der Waals surface area (Å²) in [6.07, 6.45) is 1.48. The summed E-state index contributed by atoms with van der Waals surface area (Å²) >= 11 is 13.2. The van der Waals surface area contributed by atoms with Crippen LogP contribution in [0.5, 0.6) is 0 Å².